The van der Waals surface area contributed by atoms with Crippen molar-refractivity contribution >= 4 is 28.6 Å². The summed E-state index contributed by atoms with van der Waals surface area (Å²) in [5, 5.41) is 16.9. The third kappa shape index (κ3) is 4.66. The Hall–Kier alpha value is -4.04. The van der Waals surface area contributed by atoms with Gasteiger partial charge in [-0.05, 0) is 104 Å². The number of aromatic carboxylic acids is 1. The van der Waals surface area contributed by atoms with Crippen LogP contribution in [-0.4, -0.2) is 38.2 Å². The van der Waals surface area contributed by atoms with Gasteiger partial charge in [-0.1, -0.05) is 24.6 Å². The molecule has 2 saturated carbocycles. The van der Waals surface area contributed by atoms with Gasteiger partial charge >= 0.3 is 5.97 Å². The van der Waals surface area contributed by atoms with Gasteiger partial charge in [0.1, 0.15) is 5.56 Å². The molecular formula is C32H33N5O3. The minimum Gasteiger partial charge on any atom is -0.477 e. The molecule has 4 aromatic rings. The summed E-state index contributed by atoms with van der Waals surface area (Å²) >= 11 is 0. The summed E-state index contributed by atoms with van der Waals surface area (Å²) in [6, 6.07) is 15.1. The molecule has 8 heteroatoms. The van der Waals surface area contributed by atoms with Crippen LogP contribution in [0.15, 0.2) is 59.7 Å². The quantitative estimate of drug-likeness (QED) is 0.290. The Balaban J connectivity index is 1.12. The molecule has 3 aliphatic rings. The van der Waals surface area contributed by atoms with Crippen LogP contribution in [0.5, 0.6) is 0 Å². The molecular weight excluding hydrogens is 502 g/mol. The fourth-order valence-corrected chi connectivity index (χ4v) is 7.01. The molecule has 3 unspecified atom stereocenters. The lowest BCUT2D eigenvalue weighted by atomic mass is 9.95. The van der Waals surface area contributed by atoms with E-state index in [1.54, 1.807) is 4.57 Å². The van der Waals surface area contributed by atoms with Crippen molar-refractivity contribution in [2.24, 2.45) is 11.8 Å². The molecule has 0 amide bonds. The number of fused-ring (bicyclic) bond motifs is 4. The summed E-state index contributed by atoms with van der Waals surface area (Å²) in [5.41, 5.74) is 4.94. The van der Waals surface area contributed by atoms with Crippen molar-refractivity contribution in [2.45, 2.75) is 57.4 Å². The molecule has 0 spiro atoms. The van der Waals surface area contributed by atoms with E-state index in [-0.39, 0.29) is 10.9 Å². The highest BCUT2D eigenvalue weighted by Gasteiger charge is 2.38. The predicted molar refractivity (Wildman–Crippen MR) is 155 cm³/mol. The number of aromatic nitrogens is 3. The zero-order valence-corrected chi connectivity index (χ0v) is 22.4. The van der Waals surface area contributed by atoms with E-state index in [4.69, 9.17) is 0 Å². The topological polar surface area (TPSA) is 109 Å². The number of carboxylic acid groups (broad SMARTS) is 1. The molecule has 2 bridgehead atoms. The maximum Gasteiger partial charge on any atom is 0.341 e. The molecule has 2 aromatic heterocycles. The normalized spacial score (nSPS) is 21.1. The molecule has 2 fully saturated rings. The van der Waals surface area contributed by atoms with Crippen molar-refractivity contribution < 1.29 is 9.90 Å². The van der Waals surface area contributed by atoms with Crippen LogP contribution in [0.1, 0.15) is 59.2 Å². The zero-order chi connectivity index (χ0) is 27.2. The van der Waals surface area contributed by atoms with Gasteiger partial charge in [-0.2, -0.15) is 4.98 Å². The van der Waals surface area contributed by atoms with Crippen LogP contribution in [0.3, 0.4) is 0 Å². The lowest BCUT2D eigenvalue weighted by Crippen LogP contribution is -2.35. The van der Waals surface area contributed by atoms with Crippen molar-refractivity contribution in [1.29, 1.82) is 0 Å². The van der Waals surface area contributed by atoms with Crippen LogP contribution in [0, 0.1) is 11.8 Å². The summed E-state index contributed by atoms with van der Waals surface area (Å²) in [6.45, 7) is 0.993. The Labute approximate surface area is 232 Å². The van der Waals surface area contributed by atoms with Crippen LogP contribution in [0.25, 0.3) is 16.7 Å². The number of carboxylic acids is 1. The summed E-state index contributed by atoms with van der Waals surface area (Å²) in [4.78, 5) is 33.8. The van der Waals surface area contributed by atoms with E-state index in [0.29, 0.717) is 17.6 Å². The van der Waals surface area contributed by atoms with E-state index in [2.05, 4.69) is 44.9 Å². The van der Waals surface area contributed by atoms with Crippen LogP contribution >= 0.6 is 0 Å². The van der Waals surface area contributed by atoms with Crippen molar-refractivity contribution in [3.8, 4) is 5.69 Å². The second kappa shape index (κ2) is 10.2. The van der Waals surface area contributed by atoms with E-state index in [1.807, 2.05) is 18.2 Å². The Kier molecular flexibility index (Phi) is 6.35. The van der Waals surface area contributed by atoms with Gasteiger partial charge in [0.2, 0.25) is 11.4 Å². The monoisotopic (exact) mass is 535 g/mol. The summed E-state index contributed by atoms with van der Waals surface area (Å²) in [6.07, 6.45) is 12.5. The van der Waals surface area contributed by atoms with Gasteiger partial charge in [0, 0.05) is 29.8 Å². The maximum absolute atomic E-state index is 13.0. The van der Waals surface area contributed by atoms with Crippen molar-refractivity contribution in [2.75, 3.05) is 11.9 Å². The highest BCUT2D eigenvalue weighted by Crippen LogP contribution is 2.44. The molecule has 0 saturated heterocycles. The smallest absolute Gasteiger partial charge is 0.341 e. The molecule has 3 N–H and O–H groups in total. The van der Waals surface area contributed by atoms with Crippen molar-refractivity contribution in [1.82, 2.24) is 19.9 Å². The molecule has 0 aliphatic heterocycles. The number of nitrogens with zero attached hydrogens (tertiary/aromatic N) is 3. The number of hydrogen-bond donors (Lipinski definition) is 3. The van der Waals surface area contributed by atoms with Crippen molar-refractivity contribution in [3.05, 3.63) is 87.3 Å². The van der Waals surface area contributed by atoms with E-state index in [9.17, 15) is 14.7 Å². The molecule has 2 aromatic carbocycles. The molecule has 3 aliphatic carbocycles. The summed E-state index contributed by atoms with van der Waals surface area (Å²) in [7, 11) is 0. The predicted octanol–water partition coefficient (Wildman–Crippen LogP) is 5.03. The van der Waals surface area contributed by atoms with Gasteiger partial charge in [0.25, 0.3) is 0 Å². The van der Waals surface area contributed by atoms with Gasteiger partial charge in [-0.25, -0.2) is 9.78 Å². The van der Waals surface area contributed by atoms with Crippen LogP contribution in [0.4, 0.5) is 11.6 Å². The number of nitrogens with one attached hydrogen (secondary N) is 2. The van der Waals surface area contributed by atoms with Gasteiger partial charge < -0.3 is 20.3 Å². The summed E-state index contributed by atoms with van der Waals surface area (Å²) in [5.74, 6) is 0.909. The SMILES string of the molecule is O=C(O)c1cn(-c2ccc3c(c2)CCC3)c2nc(Nc3ccc(CCNC4CC5CCC4C5)cc3)ncc2c1=O. The first-order chi connectivity index (χ1) is 19.5. The number of benzene rings is 2. The second-order valence-corrected chi connectivity index (χ2v) is 11.6. The lowest BCUT2D eigenvalue weighted by molar-refractivity contribution is 0.0695. The Morgan fingerprint density at radius 2 is 1.90 bits per heavy atom. The van der Waals surface area contributed by atoms with Crippen LogP contribution < -0.4 is 16.1 Å². The fourth-order valence-electron chi connectivity index (χ4n) is 7.01. The minimum atomic E-state index is -1.27. The van der Waals surface area contributed by atoms with Gasteiger partial charge in [0.15, 0.2) is 5.65 Å². The third-order valence-electron chi connectivity index (χ3n) is 9.10. The Bertz CT molecular complexity index is 1660. The third-order valence-corrected chi connectivity index (χ3v) is 9.10. The minimum absolute atomic E-state index is 0.171. The van der Waals surface area contributed by atoms with Gasteiger partial charge in [-0.3, -0.25) is 4.79 Å². The van der Waals surface area contributed by atoms with E-state index >= 15 is 0 Å². The van der Waals surface area contributed by atoms with Crippen LogP contribution in [0.2, 0.25) is 0 Å². The van der Waals surface area contributed by atoms with Crippen molar-refractivity contribution in [3.63, 3.8) is 0 Å². The fraction of sp³-hybridized carbons (Fsp3) is 0.375. The first-order valence-electron chi connectivity index (χ1n) is 14.4. The maximum atomic E-state index is 13.0. The number of aryl methyl sites for hydroxylation is 2. The number of carbonyl (C=O) groups is 1. The van der Waals surface area contributed by atoms with E-state index in [1.165, 1.54) is 54.8 Å². The number of rotatable bonds is 8. The number of pyridine rings is 1. The largest absolute Gasteiger partial charge is 0.477 e. The Morgan fingerprint density at radius 1 is 1.05 bits per heavy atom. The molecule has 2 heterocycles. The lowest BCUT2D eigenvalue weighted by Gasteiger charge is -2.23. The summed E-state index contributed by atoms with van der Waals surface area (Å²) < 4.78 is 1.69. The standard InChI is InChI=1S/C32H33N5O3/c38-29-26-17-34-32(35-24-9-5-19(6-10-24)12-13-33-28-15-20-4-7-23(28)14-20)36-30(26)37(18-27(29)31(39)40)25-11-8-21-2-1-3-22(21)16-25/h5-6,8-11,16-18,20,23,28,33H,1-4,7,12-15H2,(H,39,40)(H,34,35,36). The zero-order valence-electron chi connectivity index (χ0n) is 22.4. The molecule has 204 valence electrons. The molecule has 0 radical (unpaired) electrons. The van der Waals surface area contributed by atoms with E-state index < -0.39 is 11.4 Å². The van der Waals surface area contributed by atoms with E-state index in [0.717, 1.165) is 55.4 Å². The average molecular weight is 536 g/mol. The second-order valence-electron chi connectivity index (χ2n) is 11.6. The average Bonchev–Trinajstić information content (AvgIpc) is 3.71. The highest BCUT2D eigenvalue weighted by molar-refractivity contribution is 5.92. The molecule has 8 nitrogen and oxygen atoms in total. The molecule has 40 heavy (non-hydrogen) atoms. The van der Waals surface area contributed by atoms with Crippen LogP contribution in [-0.2, 0) is 19.3 Å². The number of anilines is 2. The number of hydrogen-bond acceptors (Lipinski definition) is 6. The Morgan fingerprint density at radius 3 is 2.67 bits per heavy atom. The molecule has 7 rings (SSSR count). The highest BCUT2D eigenvalue weighted by atomic mass is 16.4. The first kappa shape index (κ1) is 25.0. The van der Waals surface area contributed by atoms with Gasteiger partial charge in [0.05, 0.1) is 5.39 Å². The molecule has 3 atom stereocenters. The first-order valence-corrected chi connectivity index (χ1v) is 14.4. The van der Waals surface area contributed by atoms with Gasteiger partial charge in [-0.15, -0.1) is 0 Å².